The average Bonchev–Trinajstić information content (AvgIpc) is 2.67. The van der Waals surface area contributed by atoms with Gasteiger partial charge in [-0.2, -0.15) is 0 Å². The van der Waals surface area contributed by atoms with Gasteiger partial charge in [0.05, 0.1) is 12.4 Å². The van der Waals surface area contributed by atoms with E-state index >= 15 is 0 Å². The molecule has 1 heterocycles. The maximum absolute atomic E-state index is 11.2. The summed E-state index contributed by atoms with van der Waals surface area (Å²) >= 11 is 0. The number of aliphatic hydroxyl groups excluding tert-OH is 1. The molecule has 1 rings (SSSR count). The maximum Gasteiger partial charge on any atom is 0.220 e. The Labute approximate surface area is 88.9 Å². The van der Waals surface area contributed by atoms with Crippen LogP contribution >= 0.6 is 0 Å². The lowest BCUT2D eigenvalue weighted by atomic mass is 10.2. The van der Waals surface area contributed by atoms with Crippen molar-refractivity contribution in [1.29, 1.82) is 0 Å². The summed E-state index contributed by atoms with van der Waals surface area (Å²) in [6, 6.07) is 0. The zero-order valence-corrected chi connectivity index (χ0v) is 8.86. The van der Waals surface area contributed by atoms with Gasteiger partial charge in [-0.05, 0) is 13.3 Å². The first-order valence-corrected chi connectivity index (χ1v) is 5.10. The van der Waals surface area contributed by atoms with Crippen LogP contribution in [0.4, 0.5) is 0 Å². The molecule has 15 heavy (non-hydrogen) atoms. The molecule has 0 radical (unpaired) electrons. The molecule has 0 aliphatic rings. The number of aliphatic hydroxyl groups is 1. The van der Waals surface area contributed by atoms with Gasteiger partial charge in [-0.15, -0.1) is 0 Å². The highest BCUT2D eigenvalue weighted by molar-refractivity contribution is 5.75. The van der Waals surface area contributed by atoms with Crippen molar-refractivity contribution in [3.8, 4) is 0 Å². The van der Waals surface area contributed by atoms with E-state index in [1.807, 2.05) is 0 Å². The van der Waals surface area contributed by atoms with Crippen molar-refractivity contribution < 1.29 is 9.90 Å². The number of aromatic nitrogens is 2. The normalized spacial score (nSPS) is 12.4. The minimum Gasteiger partial charge on any atom is -0.393 e. The van der Waals surface area contributed by atoms with Crippen LogP contribution < -0.4 is 5.32 Å². The van der Waals surface area contributed by atoms with Crippen molar-refractivity contribution >= 4 is 5.91 Å². The Morgan fingerprint density at radius 2 is 2.53 bits per heavy atom. The number of nitrogens with one attached hydrogen (secondary N) is 2. The van der Waals surface area contributed by atoms with Crippen LogP contribution in [-0.4, -0.2) is 33.6 Å². The molecule has 0 saturated heterocycles. The van der Waals surface area contributed by atoms with Gasteiger partial charge in [0.2, 0.25) is 5.91 Å². The van der Waals surface area contributed by atoms with Crippen molar-refractivity contribution in [2.45, 2.75) is 32.3 Å². The van der Waals surface area contributed by atoms with Crippen molar-refractivity contribution in [2.24, 2.45) is 0 Å². The Kier molecular flexibility index (Phi) is 4.83. The predicted molar refractivity (Wildman–Crippen MR) is 56.2 cm³/mol. The van der Waals surface area contributed by atoms with E-state index in [4.69, 9.17) is 5.11 Å². The molecule has 1 unspecified atom stereocenters. The van der Waals surface area contributed by atoms with Crippen LogP contribution in [0.15, 0.2) is 12.5 Å². The van der Waals surface area contributed by atoms with E-state index in [1.165, 1.54) is 0 Å². The molecule has 0 aliphatic heterocycles. The van der Waals surface area contributed by atoms with Gasteiger partial charge < -0.3 is 15.4 Å². The van der Waals surface area contributed by atoms with E-state index in [0.717, 1.165) is 12.1 Å². The summed E-state index contributed by atoms with van der Waals surface area (Å²) in [5.41, 5.74) is 1.01. The fourth-order valence-electron chi connectivity index (χ4n) is 1.19. The highest BCUT2D eigenvalue weighted by Gasteiger charge is 2.03. The van der Waals surface area contributed by atoms with Crippen LogP contribution in [0.5, 0.6) is 0 Å². The molecule has 1 aromatic rings. The number of carbonyl (C=O) groups is 1. The molecule has 5 heteroatoms. The van der Waals surface area contributed by atoms with Gasteiger partial charge in [-0.25, -0.2) is 4.98 Å². The minimum absolute atomic E-state index is 0.0181. The largest absolute Gasteiger partial charge is 0.393 e. The van der Waals surface area contributed by atoms with Crippen LogP contribution in [0.1, 0.15) is 25.5 Å². The molecule has 1 atom stereocenters. The van der Waals surface area contributed by atoms with Crippen molar-refractivity contribution in [2.75, 3.05) is 6.54 Å². The topological polar surface area (TPSA) is 78.0 Å². The molecule has 0 saturated carbocycles. The number of imidazole rings is 1. The molecule has 0 fully saturated rings. The first kappa shape index (κ1) is 11.7. The van der Waals surface area contributed by atoms with Crippen LogP contribution in [0.3, 0.4) is 0 Å². The number of hydrogen-bond donors (Lipinski definition) is 3. The summed E-state index contributed by atoms with van der Waals surface area (Å²) in [7, 11) is 0. The Bertz CT molecular complexity index is 283. The number of H-pyrrole nitrogens is 1. The summed E-state index contributed by atoms with van der Waals surface area (Å²) in [5.74, 6) is -0.0181. The summed E-state index contributed by atoms with van der Waals surface area (Å²) < 4.78 is 0. The predicted octanol–water partition coefficient (Wildman–Crippen LogP) is 0.229. The molecule has 0 aliphatic carbocycles. The molecular weight excluding hydrogens is 194 g/mol. The van der Waals surface area contributed by atoms with Crippen LogP contribution in [0.25, 0.3) is 0 Å². The van der Waals surface area contributed by atoms with E-state index in [0.29, 0.717) is 19.4 Å². The number of hydrogen-bond acceptors (Lipinski definition) is 3. The lowest BCUT2D eigenvalue weighted by Gasteiger charge is -2.05. The second kappa shape index (κ2) is 6.19. The standard InChI is InChI=1S/C10H17N3O2/c1-8(14)2-3-10(15)12-5-4-9-6-11-7-13-9/h6-8,14H,2-5H2,1H3,(H,11,13)(H,12,15). The fourth-order valence-corrected chi connectivity index (χ4v) is 1.19. The zero-order valence-electron chi connectivity index (χ0n) is 8.86. The quantitative estimate of drug-likeness (QED) is 0.630. The molecule has 5 nitrogen and oxygen atoms in total. The average molecular weight is 211 g/mol. The summed E-state index contributed by atoms with van der Waals surface area (Å²) in [4.78, 5) is 18.1. The molecule has 1 amide bonds. The van der Waals surface area contributed by atoms with Gasteiger partial charge >= 0.3 is 0 Å². The van der Waals surface area contributed by atoms with E-state index in [9.17, 15) is 4.79 Å². The third kappa shape index (κ3) is 5.17. The SMILES string of the molecule is CC(O)CCC(=O)NCCc1cnc[nH]1. The highest BCUT2D eigenvalue weighted by Crippen LogP contribution is 1.95. The number of amides is 1. The van der Waals surface area contributed by atoms with Gasteiger partial charge in [-0.3, -0.25) is 4.79 Å². The van der Waals surface area contributed by atoms with Crippen molar-refractivity contribution in [3.05, 3.63) is 18.2 Å². The van der Waals surface area contributed by atoms with Crippen molar-refractivity contribution in [3.63, 3.8) is 0 Å². The van der Waals surface area contributed by atoms with E-state index in [1.54, 1.807) is 19.4 Å². The van der Waals surface area contributed by atoms with Crippen LogP contribution in [0, 0.1) is 0 Å². The Hall–Kier alpha value is -1.36. The third-order valence-corrected chi connectivity index (χ3v) is 2.06. The van der Waals surface area contributed by atoms with E-state index < -0.39 is 6.10 Å². The molecular formula is C10H17N3O2. The zero-order chi connectivity index (χ0) is 11.1. The minimum atomic E-state index is -0.414. The summed E-state index contributed by atoms with van der Waals surface area (Å²) in [6.07, 6.45) is 4.58. The monoisotopic (exact) mass is 211 g/mol. The number of rotatable bonds is 6. The fraction of sp³-hybridized carbons (Fsp3) is 0.600. The molecule has 0 aromatic carbocycles. The van der Waals surface area contributed by atoms with Crippen LogP contribution in [0.2, 0.25) is 0 Å². The Morgan fingerprint density at radius 3 is 3.13 bits per heavy atom. The number of carbonyl (C=O) groups excluding carboxylic acids is 1. The molecule has 0 spiro atoms. The second-order valence-electron chi connectivity index (χ2n) is 3.56. The highest BCUT2D eigenvalue weighted by atomic mass is 16.3. The lowest BCUT2D eigenvalue weighted by Crippen LogP contribution is -2.26. The number of nitrogens with zero attached hydrogens (tertiary/aromatic N) is 1. The van der Waals surface area contributed by atoms with Gasteiger partial charge in [-0.1, -0.05) is 0 Å². The van der Waals surface area contributed by atoms with Crippen molar-refractivity contribution in [1.82, 2.24) is 15.3 Å². The van der Waals surface area contributed by atoms with Gasteiger partial charge in [0.15, 0.2) is 0 Å². The van der Waals surface area contributed by atoms with E-state index in [2.05, 4.69) is 15.3 Å². The van der Waals surface area contributed by atoms with Gasteiger partial charge in [0.25, 0.3) is 0 Å². The first-order chi connectivity index (χ1) is 7.18. The first-order valence-electron chi connectivity index (χ1n) is 5.10. The smallest absolute Gasteiger partial charge is 0.220 e. The third-order valence-electron chi connectivity index (χ3n) is 2.06. The van der Waals surface area contributed by atoms with Gasteiger partial charge in [0, 0.05) is 31.3 Å². The summed E-state index contributed by atoms with van der Waals surface area (Å²) in [6.45, 7) is 2.28. The molecule has 3 N–H and O–H groups in total. The molecule has 84 valence electrons. The summed E-state index contributed by atoms with van der Waals surface area (Å²) in [5, 5.41) is 11.8. The second-order valence-corrected chi connectivity index (χ2v) is 3.56. The lowest BCUT2D eigenvalue weighted by molar-refractivity contribution is -0.121. The Balaban J connectivity index is 2.07. The van der Waals surface area contributed by atoms with Crippen LogP contribution in [-0.2, 0) is 11.2 Å². The van der Waals surface area contributed by atoms with E-state index in [-0.39, 0.29) is 5.91 Å². The maximum atomic E-state index is 11.2. The number of aromatic amines is 1. The Morgan fingerprint density at radius 1 is 1.73 bits per heavy atom. The molecule has 1 aromatic heterocycles. The van der Waals surface area contributed by atoms with Gasteiger partial charge in [0.1, 0.15) is 0 Å². The molecule has 0 bridgehead atoms.